The Morgan fingerprint density at radius 3 is 2.23 bits per heavy atom. The molecular formula is C19H15Cl2NO4. The maximum atomic E-state index is 12.1. The van der Waals surface area contributed by atoms with Crippen LogP contribution in [0.15, 0.2) is 42.5 Å². The third-order valence-electron chi connectivity index (χ3n) is 3.91. The van der Waals surface area contributed by atoms with Gasteiger partial charge in [0.15, 0.2) is 12.4 Å². The molecule has 0 saturated heterocycles. The van der Waals surface area contributed by atoms with Crippen LogP contribution >= 0.6 is 23.2 Å². The van der Waals surface area contributed by atoms with E-state index in [9.17, 15) is 14.4 Å². The number of carbonyl (C=O) groups excluding carboxylic acids is 3. The quantitative estimate of drug-likeness (QED) is 0.585. The van der Waals surface area contributed by atoms with Crippen molar-refractivity contribution in [3.8, 4) is 0 Å². The fraction of sp³-hybridized carbons (Fsp3) is 0.211. The molecule has 3 rings (SSSR count). The molecule has 1 saturated carbocycles. The highest BCUT2D eigenvalue weighted by Crippen LogP contribution is 2.30. The number of esters is 1. The minimum absolute atomic E-state index is 0.00690. The van der Waals surface area contributed by atoms with Gasteiger partial charge in [-0.2, -0.15) is 0 Å². The second kappa shape index (κ2) is 7.89. The predicted octanol–water partition coefficient (Wildman–Crippen LogP) is 4.38. The Labute approximate surface area is 160 Å². The molecule has 0 aliphatic heterocycles. The summed E-state index contributed by atoms with van der Waals surface area (Å²) < 4.78 is 5.03. The minimum atomic E-state index is -0.626. The molecule has 134 valence electrons. The molecule has 2 aromatic rings. The standard InChI is InChI=1S/C19H15Cl2NO4/c20-15-8-5-13(9-16(15)21)17(23)10-26-19(25)12-3-6-14(7-4-12)22-18(24)11-1-2-11/h3-9,11H,1-2,10H2,(H,22,24). The summed E-state index contributed by atoms with van der Waals surface area (Å²) in [5.74, 6) is -0.914. The summed E-state index contributed by atoms with van der Waals surface area (Å²) in [6.45, 7) is -0.406. The molecule has 7 heteroatoms. The van der Waals surface area contributed by atoms with Crippen molar-refractivity contribution in [3.63, 3.8) is 0 Å². The molecule has 0 spiro atoms. The Kier molecular flexibility index (Phi) is 5.59. The largest absolute Gasteiger partial charge is 0.454 e. The van der Waals surface area contributed by atoms with Crippen LogP contribution in [-0.4, -0.2) is 24.3 Å². The molecule has 0 radical (unpaired) electrons. The summed E-state index contributed by atoms with van der Waals surface area (Å²) in [7, 11) is 0. The van der Waals surface area contributed by atoms with E-state index in [2.05, 4.69) is 5.32 Å². The third-order valence-corrected chi connectivity index (χ3v) is 4.65. The summed E-state index contributed by atoms with van der Waals surface area (Å²) >= 11 is 11.7. The molecule has 1 aliphatic rings. The van der Waals surface area contributed by atoms with Crippen LogP contribution in [0.25, 0.3) is 0 Å². The lowest BCUT2D eigenvalue weighted by Crippen LogP contribution is -2.15. The van der Waals surface area contributed by atoms with Crippen LogP contribution in [0.5, 0.6) is 0 Å². The molecule has 1 amide bonds. The number of ether oxygens (including phenoxy) is 1. The maximum Gasteiger partial charge on any atom is 0.338 e. The van der Waals surface area contributed by atoms with Crippen molar-refractivity contribution in [2.45, 2.75) is 12.8 Å². The number of rotatable bonds is 6. The van der Waals surface area contributed by atoms with E-state index in [4.69, 9.17) is 27.9 Å². The zero-order valence-electron chi connectivity index (χ0n) is 13.6. The lowest BCUT2D eigenvalue weighted by atomic mass is 10.1. The molecule has 0 aromatic heterocycles. The Morgan fingerprint density at radius 2 is 1.62 bits per heavy atom. The summed E-state index contributed by atoms with van der Waals surface area (Å²) in [5, 5.41) is 3.38. The van der Waals surface area contributed by atoms with Crippen molar-refractivity contribution < 1.29 is 19.1 Å². The van der Waals surface area contributed by atoms with Gasteiger partial charge in [0, 0.05) is 17.2 Å². The average Bonchev–Trinajstić information content (AvgIpc) is 3.47. The Bertz CT molecular complexity index is 860. The Balaban J connectivity index is 1.54. The lowest BCUT2D eigenvalue weighted by Gasteiger charge is -2.07. The number of anilines is 1. The van der Waals surface area contributed by atoms with Crippen molar-refractivity contribution in [1.29, 1.82) is 0 Å². The van der Waals surface area contributed by atoms with Crippen LogP contribution in [-0.2, 0) is 9.53 Å². The molecule has 2 aromatic carbocycles. The third kappa shape index (κ3) is 4.62. The van der Waals surface area contributed by atoms with Gasteiger partial charge in [-0.3, -0.25) is 9.59 Å². The van der Waals surface area contributed by atoms with E-state index in [-0.39, 0.29) is 28.2 Å². The first-order chi connectivity index (χ1) is 12.4. The highest BCUT2D eigenvalue weighted by atomic mass is 35.5. The van der Waals surface area contributed by atoms with Gasteiger partial charge >= 0.3 is 5.97 Å². The summed E-state index contributed by atoms with van der Waals surface area (Å²) in [6.07, 6.45) is 1.84. The van der Waals surface area contributed by atoms with Crippen LogP contribution in [0.1, 0.15) is 33.6 Å². The normalized spacial score (nSPS) is 13.2. The number of hydrogen-bond acceptors (Lipinski definition) is 4. The highest BCUT2D eigenvalue weighted by molar-refractivity contribution is 6.42. The van der Waals surface area contributed by atoms with Gasteiger partial charge in [0.1, 0.15) is 0 Å². The van der Waals surface area contributed by atoms with Crippen molar-refractivity contribution >= 4 is 46.5 Å². The van der Waals surface area contributed by atoms with Crippen molar-refractivity contribution in [1.82, 2.24) is 0 Å². The van der Waals surface area contributed by atoms with E-state index in [0.717, 1.165) is 12.8 Å². The number of Topliss-reactive ketones (excluding diaryl/α,β-unsaturated/α-hetero) is 1. The first kappa shape index (κ1) is 18.4. The number of halogens is 2. The van der Waals surface area contributed by atoms with Crippen LogP contribution in [0, 0.1) is 5.92 Å². The highest BCUT2D eigenvalue weighted by Gasteiger charge is 2.29. The molecule has 5 nitrogen and oxygen atoms in total. The molecule has 1 N–H and O–H groups in total. The molecule has 1 fully saturated rings. The van der Waals surface area contributed by atoms with Crippen molar-refractivity contribution in [2.24, 2.45) is 5.92 Å². The predicted molar refractivity (Wildman–Crippen MR) is 98.9 cm³/mol. The van der Waals surface area contributed by atoms with Gasteiger partial charge in [0.05, 0.1) is 15.6 Å². The maximum absolute atomic E-state index is 12.1. The zero-order valence-corrected chi connectivity index (χ0v) is 15.1. The van der Waals surface area contributed by atoms with E-state index in [1.165, 1.54) is 30.3 Å². The minimum Gasteiger partial charge on any atom is -0.454 e. The number of nitrogens with one attached hydrogen (secondary N) is 1. The Hall–Kier alpha value is -2.37. The molecule has 0 bridgehead atoms. The van der Waals surface area contributed by atoms with E-state index < -0.39 is 12.6 Å². The van der Waals surface area contributed by atoms with E-state index in [0.29, 0.717) is 16.3 Å². The van der Waals surface area contributed by atoms with Crippen LogP contribution in [0.2, 0.25) is 10.0 Å². The van der Waals surface area contributed by atoms with Gasteiger partial charge in [0.2, 0.25) is 5.91 Å². The zero-order chi connectivity index (χ0) is 18.7. The van der Waals surface area contributed by atoms with E-state index >= 15 is 0 Å². The number of ketones is 1. The molecule has 0 heterocycles. The smallest absolute Gasteiger partial charge is 0.338 e. The first-order valence-corrected chi connectivity index (χ1v) is 8.76. The topological polar surface area (TPSA) is 72.5 Å². The van der Waals surface area contributed by atoms with E-state index in [1.807, 2.05) is 0 Å². The fourth-order valence-corrected chi connectivity index (χ4v) is 2.54. The fourth-order valence-electron chi connectivity index (χ4n) is 2.25. The van der Waals surface area contributed by atoms with Crippen molar-refractivity contribution in [2.75, 3.05) is 11.9 Å². The second-order valence-corrected chi connectivity index (χ2v) is 6.78. The Morgan fingerprint density at radius 1 is 0.962 bits per heavy atom. The van der Waals surface area contributed by atoms with Crippen LogP contribution < -0.4 is 5.32 Å². The van der Waals surface area contributed by atoms with Gasteiger partial charge in [-0.05, 0) is 55.3 Å². The SMILES string of the molecule is O=C(COC(=O)c1ccc(NC(=O)C2CC2)cc1)c1ccc(Cl)c(Cl)c1. The summed E-state index contributed by atoms with van der Waals surface area (Å²) in [6, 6.07) is 10.8. The average molecular weight is 392 g/mol. The number of benzene rings is 2. The number of carbonyl (C=O) groups is 3. The molecule has 1 aliphatic carbocycles. The van der Waals surface area contributed by atoms with Crippen LogP contribution in [0.3, 0.4) is 0 Å². The molecular weight excluding hydrogens is 377 g/mol. The summed E-state index contributed by atoms with van der Waals surface area (Å²) in [4.78, 5) is 35.8. The van der Waals surface area contributed by atoms with Crippen LogP contribution in [0.4, 0.5) is 5.69 Å². The molecule has 26 heavy (non-hydrogen) atoms. The van der Waals surface area contributed by atoms with Gasteiger partial charge in [-0.25, -0.2) is 4.79 Å². The number of hydrogen-bond donors (Lipinski definition) is 1. The lowest BCUT2D eigenvalue weighted by molar-refractivity contribution is -0.117. The number of amides is 1. The van der Waals surface area contributed by atoms with Gasteiger partial charge in [-0.1, -0.05) is 23.2 Å². The summed E-state index contributed by atoms with van der Waals surface area (Å²) in [5.41, 5.74) is 1.21. The van der Waals surface area contributed by atoms with Gasteiger partial charge in [0.25, 0.3) is 0 Å². The second-order valence-electron chi connectivity index (χ2n) is 5.97. The molecule has 0 atom stereocenters. The van der Waals surface area contributed by atoms with E-state index in [1.54, 1.807) is 12.1 Å². The van der Waals surface area contributed by atoms with Gasteiger partial charge < -0.3 is 10.1 Å². The first-order valence-electron chi connectivity index (χ1n) is 8.00. The van der Waals surface area contributed by atoms with Crippen molar-refractivity contribution in [3.05, 3.63) is 63.6 Å². The molecule has 0 unspecified atom stereocenters. The van der Waals surface area contributed by atoms with Gasteiger partial charge in [-0.15, -0.1) is 0 Å². The monoisotopic (exact) mass is 391 g/mol.